The molecule has 0 aliphatic carbocycles. The molecule has 0 radical (unpaired) electrons. The van der Waals surface area contributed by atoms with Gasteiger partial charge in [0.05, 0.1) is 7.05 Å². The van der Waals surface area contributed by atoms with Crippen molar-refractivity contribution < 1.29 is 0 Å². The van der Waals surface area contributed by atoms with Gasteiger partial charge in [-0.3, -0.25) is 0 Å². The van der Waals surface area contributed by atoms with Gasteiger partial charge in [0.25, 0.3) is 0 Å². The van der Waals surface area contributed by atoms with E-state index < -0.39 is 23.6 Å². The predicted octanol–water partition coefficient (Wildman–Crippen LogP) is 4.72. The molecule has 0 saturated carbocycles. The van der Waals surface area contributed by atoms with Crippen LogP contribution in [0, 0.1) is 0 Å². The van der Waals surface area contributed by atoms with Gasteiger partial charge in [-0.25, -0.2) is 0 Å². The molecule has 7 aliphatic rings. The molecule has 9 nitrogen and oxygen atoms in total. The molecule has 0 amide bonds. The van der Waals surface area contributed by atoms with E-state index in [1.54, 1.807) is 0 Å². The third kappa shape index (κ3) is 4.25. The lowest BCUT2D eigenvalue weighted by Crippen LogP contribution is -2.64. The number of nitrogens with zero attached hydrogens (tertiary/aromatic N) is 7. The van der Waals surface area contributed by atoms with Gasteiger partial charge < -0.3 is 0 Å². The van der Waals surface area contributed by atoms with Crippen LogP contribution in [0.5, 0.6) is 0 Å². The minimum atomic E-state index is -1.92. The van der Waals surface area contributed by atoms with Crippen LogP contribution < -0.4 is 9.72 Å². The fourth-order valence-corrected chi connectivity index (χ4v) is 28.1. The Balaban J connectivity index is 1.44. The van der Waals surface area contributed by atoms with E-state index in [9.17, 15) is 0 Å². The standard InChI is InChI=1S/C25H53N9P3/c1-28-36(31-18-6-7-19-31,32-20-8-9-21-32)26-35(29-14-2-3-15-29,30-16-4-5-17-30)27-37(28,33-22-10-11-23-33)34-24-12-13-25-34/h26-27H,2-25H2,1H3/q+3. The van der Waals surface area contributed by atoms with Crippen LogP contribution >= 0.6 is 23.6 Å². The molecule has 0 spiro atoms. The first-order chi connectivity index (χ1) is 18.2. The van der Waals surface area contributed by atoms with Crippen molar-refractivity contribution in [3.05, 3.63) is 0 Å². The Bertz CT molecular complexity index is 688. The van der Waals surface area contributed by atoms with E-state index in [2.05, 4.69) is 39.5 Å². The Kier molecular flexibility index (Phi) is 7.95. The van der Waals surface area contributed by atoms with Crippen LogP contribution in [0.1, 0.15) is 77.0 Å². The maximum atomic E-state index is 4.81. The van der Waals surface area contributed by atoms with Crippen molar-refractivity contribution in [1.29, 1.82) is 0 Å². The zero-order valence-corrected chi connectivity index (χ0v) is 26.1. The Morgan fingerprint density at radius 3 is 0.811 bits per heavy atom. The molecule has 7 rings (SSSR count). The minimum Gasteiger partial charge on any atom is -0.128 e. The highest BCUT2D eigenvalue weighted by Gasteiger charge is 2.86. The first kappa shape index (κ1) is 26.8. The van der Waals surface area contributed by atoms with Crippen LogP contribution in [0.2, 0.25) is 0 Å². The fraction of sp³-hybridized carbons (Fsp3) is 1.00. The van der Waals surface area contributed by atoms with Crippen LogP contribution in [-0.2, 0) is 0 Å². The summed E-state index contributed by atoms with van der Waals surface area (Å²) in [4.78, 5) is 9.63. The van der Waals surface area contributed by atoms with Crippen LogP contribution in [0.3, 0.4) is 0 Å². The second kappa shape index (κ2) is 11.0. The van der Waals surface area contributed by atoms with Gasteiger partial charge >= 0.3 is 23.6 Å². The quantitative estimate of drug-likeness (QED) is 0.441. The first-order valence-electron chi connectivity index (χ1n) is 15.7. The molecule has 7 aliphatic heterocycles. The van der Waals surface area contributed by atoms with Gasteiger partial charge in [-0.15, -0.1) is 28.0 Å². The summed E-state index contributed by atoms with van der Waals surface area (Å²) in [5.41, 5.74) is 0. The summed E-state index contributed by atoms with van der Waals surface area (Å²) in [5.74, 6) is 0. The lowest BCUT2D eigenvalue weighted by Gasteiger charge is -2.55. The molecule has 0 unspecified atom stereocenters. The van der Waals surface area contributed by atoms with Crippen molar-refractivity contribution in [1.82, 2.24) is 42.2 Å². The SMILES string of the molecule is CN1[P+](N2CCCC2)(N2CCCC2)N[P+](N2CCCC2)(N2CCCC2)N[P+]1(N1CCCC1)N1CCCC1. The molecule has 37 heavy (non-hydrogen) atoms. The van der Waals surface area contributed by atoms with E-state index in [1.165, 1.54) is 156 Å². The Hall–Kier alpha value is 0.930. The van der Waals surface area contributed by atoms with Crippen LogP contribution in [0.4, 0.5) is 0 Å². The number of hydrogen-bond acceptors (Lipinski definition) is 9. The van der Waals surface area contributed by atoms with Crippen molar-refractivity contribution in [3.63, 3.8) is 0 Å². The Morgan fingerprint density at radius 2 is 0.568 bits per heavy atom. The van der Waals surface area contributed by atoms with Gasteiger partial charge in [-0.05, 0) is 77.0 Å². The zero-order chi connectivity index (χ0) is 24.9. The highest BCUT2D eigenvalue weighted by atomic mass is 31.3. The molecular weight excluding hydrogens is 519 g/mol. The maximum absolute atomic E-state index is 4.81. The highest BCUT2D eigenvalue weighted by Crippen LogP contribution is 2.91. The summed E-state index contributed by atoms with van der Waals surface area (Å²) in [7, 11) is -3.14. The summed E-state index contributed by atoms with van der Waals surface area (Å²) in [6.45, 7) is 15.3. The molecule has 0 bridgehead atoms. The van der Waals surface area contributed by atoms with Crippen LogP contribution in [-0.4, -0.2) is 118 Å². The molecule has 7 heterocycles. The monoisotopic (exact) mass is 572 g/mol. The second-order valence-electron chi connectivity index (χ2n) is 12.4. The van der Waals surface area contributed by atoms with Gasteiger partial charge in [0.2, 0.25) is 0 Å². The average Bonchev–Trinajstić information content (AvgIpc) is 3.80. The smallest absolute Gasteiger partial charge is 0.128 e. The van der Waals surface area contributed by atoms with Gasteiger partial charge in [-0.2, -0.15) is 0 Å². The maximum Gasteiger partial charge on any atom is 0.382 e. The third-order valence-electron chi connectivity index (χ3n) is 10.2. The van der Waals surface area contributed by atoms with Crippen molar-refractivity contribution in [3.8, 4) is 0 Å². The molecule has 0 aromatic rings. The molecule has 7 fully saturated rings. The first-order valence-corrected chi connectivity index (χ1v) is 20.7. The molecule has 0 aromatic heterocycles. The van der Waals surface area contributed by atoms with Crippen molar-refractivity contribution in [2.24, 2.45) is 0 Å². The molecular formula is C25H53N9P3+3. The van der Waals surface area contributed by atoms with Gasteiger partial charge in [0.1, 0.15) is 0 Å². The second-order valence-corrected chi connectivity index (χ2v) is 22.4. The van der Waals surface area contributed by atoms with E-state index in [0.29, 0.717) is 0 Å². The molecule has 0 atom stereocenters. The Morgan fingerprint density at radius 1 is 0.351 bits per heavy atom. The topological polar surface area (TPSA) is 46.7 Å². The van der Waals surface area contributed by atoms with Crippen LogP contribution in [0.15, 0.2) is 0 Å². The van der Waals surface area contributed by atoms with E-state index in [4.69, 9.17) is 9.72 Å². The van der Waals surface area contributed by atoms with E-state index in [0.717, 1.165) is 0 Å². The third-order valence-corrected chi connectivity index (χ3v) is 24.9. The summed E-state index contributed by atoms with van der Waals surface area (Å²) < 4.78 is 21.2. The summed E-state index contributed by atoms with van der Waals surface area (Å²) in [6, 6.07) is 0. The number of hydrogen-bond donors (Lipinski definition) is 2. The van der Waals surface area contributed by atoms with E-state index in [-0.39, 0.29) is 0 Å². The normalized spacial score (nSPS) is 34.9. The Labute approximate surface area is 228 Å². The summed E-state index contributed by atoms with van der Waals surface area (Å²) >= 11 is 0. The average molecular weight is 573 g/mol. The highest BCUT2D eigenvalue weighted by molar-refractivity contribution is 7.96. The van der Waals surface area contributed by atoms with E-state index >= 15 is 0 Å². The lowest BCUT2D eigenvalue weighted by molar-refractivity contribution is 0.353. The van der Waals surface area contributed by atoms with Crippen molar-refractivity contribution >= 4 is 23.6 Å². The van der Waals surface area contributed by atoms with Crippen molar-refractivity contribution in [2.75, 3.05) is 85.6 Å². The number of rotatable bonds is 6. The van der Waals surface area contributed by atoms with Gasteiger partial charge in [-0.1, -0.05) is 0 Å². The largest absolute Gasteiger partial charge is 0.382 e. The minimum absolute atomic E-state index is 1.27. The summed E-state index contributed by atoms with van der Waals surface area (Å²) in [6.07, 6.45) is 16.4. The molecule has 2 N–H and O–H groups in total. The number of nitrogens with one attached hydrogen (secondary N) is 2. The summed E-state index contributed by atoms with van der Waals surface area (Å²) in [5, 5.41) is 0. The molecule has 210 valence electrons. The van der Waals surface area contributed by atoms with Gasteiger partial charge in [0.15, 0.2) is 0 Å². The van der Waals surface area contributed by atoms with Crippen molar-refractivity contribution in [2.45, 2.75) is 77.0 Å². The molecule has 7 saturated heterocycles. The van der Waals surface area contributed by atoms with Crippen LogP contribution in [0.25, 0.3) is 0 Å². The van der Waals surface area contributed by atoms with Gasteiger partial charge in [0, 0.05) is 92.7 Å². The predicted molar refractivity (Wildman–Crippen MR) is 160 cm³/mol. The zero-order valence-electron chi connectivity index (χ0n) is 23.4. The van der Waals surface area contributed by atoms with E-state index in [1.807, 2.05) is 0 Å². The fourth-order valence-electron chi connectivity index (χ4n) is 8.37. The molecule has 0 aromatic carbocycles. The lowest BCUT2D eigenvalue weighted by atomic mass is 10.4. The molecule has 12 heteroatoms.